The van der Waals surface area contributed by atoms with Crippen molar-refractivity contribution >= 4 is 0 Å². The van der Waals surface area contributed by atoms with Gasteiger partial charge in [0.15, 0.2) is 0 Å². The number of aliphatic hydroxyl groups is 1. The van der Waals surface area contributed by atoms with Gasteiger partial charge >= 0.3 is 0 Å². The van der Waals surface area contributed by atoms with Crippen LogP contribution in [0.15, 0.2) is 30.3 Å². The molecule has 1 saturated carbocycles. The summed E-state index contributed by atoms with van der Waals surface area (Å²) in [4.78, 5) is 0. The van der Waals surface area contributed by atoms with Gasteiger partial charge in [0.05, 0.1) is 0 Å². The molecule has 0 aliphatic heterocycles. The zero-order chi connectivity index (χ0) is 18.2. The first-order valence-electron chi connectivity index (χ1n) is 9.13. The van der Waals surface area contributed by atoms with Crippen molar-refractivity contribution in [3.63, 3.8) is 0 Å². The van der Waals surface area contributed by atoms with E-state index >= 15 is 0 Å². The van der Waals surface area contributed by atoms with E-state index < -0.39 is 0 Å². The minimum atomic E-state index is 0.280. The van der Waals surface area contributed by atoms with Crippen molar-refractivity contribution in [1.82, 2.24) is 0 Å². The molecule has 23 heavy (non-hydrogen) atoms. The van der Waals surface area contributed by atoms with Gasteiger partial charge in [-0.25, -0.2) is 0 Å². The predicted molar refractivity (Wildman–Crippen MR) is 103 cm³/mol. The summed E-state index contributed by atoms with van der Waals surface area (Å²) >= 11 is 0. The van der Waals surface area contributed by atoms with Gasteiger partial charge in [0.25, 0.3) is 0 Å². The summed E-state index contributed by atoms with van der Waals surface area (Å²) in [7, 11) is 1.00. The molecule has 0 spiro atoms. The molecule has 0 aromatic heterocycles. The first kappa shape index (κ1) is 22.1. The average molecular weight is 322 g/mol. The van der Waals surface area contributed by atoms with Gasteiger partial charge in [-0.1, -0.05) is 85.2 Å². The summed E-state index contributed by atoms with van der Waals surface area (Å²) in [6.45, 7) is 15.7. The maximum atomic E-state index is 7.00. The lowest BCUT2D eigenvalue weighted by molar-refractivity contribution is 0.162. The molecule has 1 aliphatic carbocycles. The molecule has 1 aliphatic rings. The zero-order valence-electron chi connectivity index (χ0n) is 16.5. The molecular weight excluding hydrogens is 282 g/mol. The van der Waals surface area contributed by atoms with Crippen molar-refractivity contribution < 1.29 is 5.11 Å². The van der Waals surface area contributed by atoms with Gasteiger partial charge in [-0.2, -0.15) is 0 Å². The molecule has 0 saturated heterocycles. The molecule has 1 fully saturated rings. The molecule has 0 heterocycles. The second-order valence-electron chi connectivity index (χ2n) is 7.34. The molecule has 5 unspecified atom stereocenters. The highest BCUT2D eigenvalue weighted by molar-refractivity contribution is 5.25. The minimum Gasteiger partial charge on any atom is -0.400 e. The Kier molecular flexibility index (Phi) is 9.72. The monoisotopic (exact) mass is 321 g/mol. The summed E-state index contributed by atoms with van der Waals surface area (Å²) in [6.07, 6.45) is 1.22. The molecule has 0 amide bonds. The molecule has 2 nitrogen and oxygen atoms in total. The molecule has 2 heteroatoms. The highest BCUT2D eigenvalue weighted by Gasteiger charge is 2.50. The largest absolute Gasteiger partial charge is 0.400 e. The Morgan fingerprint density at radius 1 is 1.04 bits per heavy atom. The maximum absolute atomic E-state index is 7.00. The zero-order valence-corrected chi connectivity index (χ0v) is 16.5. The van der Waals surface area contributed by atoms with Crippen molar-refractivity contribution in [2.75, 3.05) is 7.11 Å². The van der Waals surface area contributed by atoms with Gasteiger partial charge in [-0.05, 0) is 28.7 Å². The number of hydrogen-bond acceptors (Lipinski definition) is 2. The van der Waals surface area contributed by atoms with Crippen molar-refractivity contribution in [3.05, 3.63) is 35.9 Å². The summed E-state index contributed by atoms with van der Waals surface area (Å²) in [5.74, 6) is 2.53. The normalized spacial score (nSPS) is 29.9. The summed E-state index contributed by atoms with van der Waals surface area (Å²) in [5.41, 5.74) is 8.42. The SMILES string of the molecule is CC.CCC1C(C)C(C(C)(C)C)C(N)C1c1ccccc1.CO. The van der Waals surface area contributed by atoms with Gasteiger partial charge < -0.3 is 10.8 Å². The van der Waals surface area contributed by atoms with Crippen molar-refractivity contribution in [2.24, 2.45) is 28.9 Å². The lowest BCUT2D eigenvalue weighted by Gasteiger charge is -2.34. The van der Waals surface area contributed by atoms with Gasteiger partial charge in [0.1, 0.15) is 0 Å². The molecule has 5 atom stereocenters. The minimum absolute atomic E-state index is 0.280. The Bertz CT molecular complexity index is 410. The Hall–Kier alpha value is -0.860. The van der Waals surface area contributed by atoms with E-state index in [0.717, 1.165) is 7.11 Å². The molecular formula is C21H39NO. The van der Waals surface area contributed by atoms with Crippen molar-refractivity contribution in [3.8, 4) is 0 Å². The highest BCUT2D eigenvalue weighted by atomic mass is 16.2. The summed E-state index contributed by atoms with van der Waals surface area (Å²) in [5, 5.41) is 7.00. The Morgan fingerprint density at radius 3 is 1.91 bits per heavy atom. The van der Waals surface area contributed by atoms with Crippen LogP contribution in [-0.4, -0.2) is 18.3 Å². The Labute approximate surface area is 144 Å². The number of hydrogen-bond donors (Lipinski definition) is 2. The van der Waals surface area contributed by atoms with E-state index in [1.807, 2.05) is 13.8 Å². The fraction of sp³-hybridized carbons (Fsp3) is 0.714. The first-order chi connectivity index (χ1) is 10.9. The van der Waals surface area contributed by atoms with E-state index in [9.17, 15) is 0 Å². The van der Waals surface area contributed by atoms with Crippen LogP contribution in [0.2, 0.25) is 0 Å². The maximum Gasteiger partial charge on any atom is 0.0319 e. The number of benzene rings is 1. The molecule has 0 radical (unpaired) electrons. The molecule has 1 aromatic carbocycles. The fourth-order valence-electron chi connectivity index (χ4n) is 4.59. The van der Waals surface area contributed by atoms with Gasteiger partial charge in [0, 0.05) is 19.1 Å². The number of rotatable bonds is 2. The lowest BCUT2D eigenvalue weighted by Crippen LogP contribution is -2.39. The molecule has 2 rings (SSSR count). The fourth-order valence-corrected chi connectivity index (χ4v) is 4.59. The Balaban J connectivity index is 0.00000112. The predicted octanol–water partition coefficient (Wildman–Crippen LogP) is 5.07. The molecule has 1 aromatic rings. The van der Waals surface area contributed by atoms with Crippen LogP contribution in [0.5, 0.6) is 0 Å². The van der Waals surface area contributed by atoms with Crippen LogP contribution >= 0.6 is 0 Å². The summed E-state index contributed by atoms with van der Waals surface area (Å²) in [6, 6.07) is 11.2. The quantitative estimate of drug-likeness (QED) is 0.798. The van der Waals surface area contributed by atoms with Crippen LogP contribution in [0.3, 0.4) is 0 Å². The second kappa shape index (κ2) is 10.1. The molecule has 134 valence electrons. The van der Waals surface area contributed by atoms with Crippen LogP contribution in [0.1, 0.15) is 66.4 Å². The van der Waals surface area contributed by atoms with Crippen LogP contribution < -0.4 is 5.73 Å². The average Bonchev–Trinajstić information content (AvgIpc) is 2.82. The second-order valence-corrected chi connectivity index (χ2v) is 7.34. The van der Waals surface area contributed by atoms with E-state index in [0.29, 0.717) is 23.7 Å². The third-order valence-electron chi connectivity index (χ3n) is 5.19. The van der Waals surface area contributed by atoms with Crippen LogP contribution in [0.25, 0.3) is 0 Å². The van der Waals surface area contributed by atoms with Crippen LogP contribution in [-0.2, 0) is 0 Å². The first-order valence-corrected chi connectivity index (χ1v) is 9.13. The topological polar surface area (TPSA) is 46.2 Å². The third kappa shape index (κ3) is 5.06. The van der Waals surface area contributed by atoms with Crippen molar-refractivity contribution in [2.45, 2.75) is 66.8 Å². The standard InChI is InChI=1S/C18H29N.C2H6.CH4O/c1-6-14-12(2)16(18(3,4)5)17(19)15(14)13-10-8-7-9-11-13;2*1-2/h7-12,14-17H,6,19H2,1-5H3;1-2H3;2H,1H3. The third-order valence-corrected chi connectivity index (χ3v) is 5.19. The van der Waals surface area contributed by atoms with E-state index in [4.69, 9.17) is 10.8 Å². The van der Waals surface area contributed by atoms with Gasteiger partial charge in [-0.15, -0.1) is 0 Å². The smallest absolute Gasteiger partial charge is 0.0319 e. The van der Waals surface area contributed by atoms with E-state index in [1.54, 1.807) is 0 Å². The lowest BCUT2D eigenvalue weighted by atomic mass is 9.72. The van der Waals surface area contributed by atoms with E-state index in [2.05, 4.69) is 65.0 Å². The van der Waals surface area contributed by atoms with Crippen molar-refractivity contribution in [1.29, 1.82) is 0 Å². The van der Waals surface area contributed by atoms with E-state index in [-0.39, 0.29) is 11.5 Å². The Morgan fingerprint density at radius 2 is 1.52 bits per heavy atom. The summed E-state index contributed by atoms with van der Waals surface area (Å²) < 4.78 is 0. The highest BCUT2D eigenvalue weighted by Crippen LogP contribution is 2.53. The van der Waals surface area contributed by atoms with Crippen LogP contribution in [0.4, 0.5) is 0 Å². The van der Waals surface area contributed by atoms with Gasteiger partial charge in [-0.3, -0.25) is 0 Å². The number of nitrogens with two attached hydrogens (primary N) is 1. The van der Waals surface area contributed by atoms with Gasteiger partial charge in [0.2, 0.25) is 0 Å². The van der Waals surface area contributed by atoms with Crippen LogP contribution in [0, 0.1) is 23.2 Å². The molecule has 0 bridgehead atoms. The number of aliphatic hydroxyl groups excluding tert-OH is 1. The van der Waals surface area contributed by atoms with E-state index in [1.165, 1.54) is 12.0 Å². The molecule has 3 N–H and O–H groups in total.